The zero-order chi connectivity index (χ0) is 16.8. The zero-order valence-electron chi connectivity index (χ0n) is 11.7. The second-order valence-corrected chi connectivity index (χ2v) is 4.37. The highest BCUT2D eigenvalue weighted by molar-refractivity contribution is 5.98. The predicted octanol–water partition coefficient (Wildman–Crippen LogP) is 1.71. The van der Waals surface area contributed by atoms with Crippen molar-refractivity contribution < 1.29 is 32.3 Å². The van der Waals surface area contributed by atoms with Crippen LogP contribution in [0.4, 0.5) is 8.78 Å². The fourth-order valence-electron chi connectivity index (χ4n) is 1.63. The number of furan rings is 1. The average molecular weight is 323 g/mol. The van der Waals surface area contributed by atoms with Crippen molar-refractivity contribution in [3.8, 4) is 0 Å². The zero-order valence-corrected chi connectivity index (χ0v) is 11.7. The molecule has 1 aromatic carbocycles. The maximum Gasteiger partial charge on any atom is 0.325 e. The first-order chi connectivity index (χ1) is 11.0. The van der Waals surface area contributed by atoms with Crippen LogP contribution < -0.4 is 5.32 Å². The van der Waals surface area contributed by atoms with Crippen molar-refractivity contribution in [2.75, 3.05) is 13.2 Å². The van der Waals surface area contributed by atoms with Crippen LogP contribution in [-0.2, 0) is 9.53 Å². The molecule has 0 unspecified atom stereocenters. The number of ether oxygens (including phenoxy) is 1. The van der Waals surface area contributed by atoms with Gasteiger partial charge in [0.25, 0.3) is 5.91 Å². The minimum absolute atomic E-state index is 0.00992. The van der Waals surface area contributed by atoms with Crippen molar-refractivity contribution in [1.29, 1.82) is 0 Å². The van der Waals surface area contributed by atoms with E-state index in [0.717, 1.165) is 12.1 Å². The quantitative estimate of drug-likeness (QED) is 0.646. The molecule has 0 saturated heterocycles. The molecule has 0 aliphatic heterocycles. The number of nitrogens with one attached hydrogen (secondary N) is 1. The van der Waals surface area contributed by atoms with Crippen LogP contribution >= 0.6 is 0 Å². The standard InChI is InChI=1S/C15H11F2NO5/c16-9-3-4-11(17)10(6-9)12(19)8-23-14(20)7-18-15(21)13-2-1-5-22-13/h1-6H,7-8H2,(H,18,21). The molecule has 0 spiro atoms. The minimum Gasteiger partial charge on any atom is -0.459 e. The number of benzene rings is 1. The van der Waals surface area contributed by atoms with Crippen LogP contribution in [0.15, 0.2) is 41.0 Å². The van der Waals surface area contributed by atoms with E-state index in [1.165, 1.54) is 18.4 Å². The molecule has 0 aliphatic carbocycles. The first kappa shape index (κ1) is 16.3. The van der Waals surface area contributed by atoms with Crippen molar-refractivity contribution in [3.63, 3.8) is 0 Å². The Balaban J connectivity index is 1.81. The fraction of sp³-hybridized carbons (Fsp3) is 0.133. The number of carbonyl (C=O) groups is 3. The van der Waals surface area contributed by atoms with E-state index in [-0.39, 0.29) is 5.76 Å². The summed E-state index contributed by atoms with van der Waals surface area (Å²) in [5.74, 6) is -4.13. The molecule has 6 nitrogen and oxygen atoms in total. The number of esters is 1. The monoisotopic (exact) mass is 323 g/mol. The molecule has 1 heterocycles. The lowest BCUT2D eigenvalue weighted by Crippen LogP contribution is -2.31. The Morgan fingerprint density at radius 3 is 2.65 bits per heavy atom. The van der Waals surface area contributed by atoms with Crippen LogP contribution in [0.1, 0.15) is 20.9 Å². The highest BCUT2D eigenvalue weighted by Crippen LogP contribution is 2.10. The van der Waals surface area contributed by atoms with Gasteiger partial charge in [0.2, 0.25) is 5.78 Å². The van der Waals surface area contributed by atoms with E-state index in [1.54, 1.807) is 0 Å². The summed E-state index contributed by atoms with van der Waals surface area (Å²) in [6.45, 7) is -1.27. The molecule has 0 atom stereocenters. The van der Waals surface area contributed by atoms with Crippen LogP contribution in [0.3, 0.4) is 0 Å². The summed E-state index contributed by atoms with van der Waals surface area (Å²) in [4.78, 5) is 34.6. The van der Waals surface area contributed by atoms with E-state index in [0.29, 0.717) is 6.07 Å². The molecular weight excluding hydrogens is 312 g/mol. The lowest BCUT2D eigenvalue weighted by Gasteiger charge is -2.06. The van der Waals surface area contributed by atoms with Crippen LogP contribution in [0.5, 0.6) is 0 Å². The van der Waals surface area contributed by atoms with Crippen molar-refractivity contribution in [2.24, 2.45) is 0 Å². The summed E-state index contributed by atoms with van der Waals surface area (Å²) in [5, 5.41) is 2.22. The lowest BCUT2D eigenvalue weighted by molar-refractivity contribution is -0.141. The molecule has 0 bridgehead atoms. The van der Waals surface area contributed by atoms with E-state index in [1.807, 2.05) is 0 Å². The van der Waals surface area contributed by atoms with E-state index in [4.69, 9.17) is 4.42 Å². The van der Waals surface area contributed by atoms with Gasteiger partial charge in [-0.15, -0.1) is 0 Å². The topological polar surface area (TPSA) is 85.6 Å². The third-order valence-corrected chi connectivity index (χ3v) is 2.73. The summed E-state index contributed by atoms with van der Waals surface area (Å²) >= 11 is 0. The largest absolute Gasteiger partial charge is 0.459 e. The second-order valence-electron chi connectivity index (χ2n) is 4.37. The molecule has 1 N–H and O–H groups in total. The summed E-state index contributed by atoms with van der Waals surface area (Å²) in [6, 6.07) is 5.27. The first-order valence-electron chi connectivity index (χ1n) is 6.43. The van der Waals surface area contributed by atoms with Crippen LogP contribution in [-0.4, -0.2) is 30.8 Å². The Labute approximate surface area is 129 Å². The van der Waals surface area contributed by atoms with E-state index < -0.39 is 48.0 Å². The molecular formula is C15H11F2NO5. The van der Waals surface area contributed by atoms with Crippen molar-refractivity contribution >= 4 is 17.7 Å². The summed E-state index contributed by atoms with van der Waals surface area (Å²) in [7, 11) is 0. The highest BCUT2D eigenvalue weighted by Gasteiger charge is 2.16. The van der Waals surface area contributed by atoms with Gasteiger partial charge in [-0.25, -0.2) is 8.78 Å². The lowest BCUT2D eigenvalue weighted by atomic mass is 10.1. The Bertz CT molecular complexity index is 727. The summed E-state index contributed by atoms with van der Waals surface area (Å²) in [5.41, 5.74) is -0.516. The highest BCUT2D eigenvalue weighted by atomic mass is 19.1. The van der Waals surface area contributed by atoms with Gasteiger partial charge >= 0.3 is 5.97 Å². The van der Waals surface area contributed by atoms with Gasteiger partial charge in [-0.1, -0.05) is 0 Å². The maximum absolute atomic E-state index is 13.4. The molecule has 8 heteroatoms. The first-order valence-corrected chi connectivity index (χ1v) is 6.43. The van der Waals surface area contributed by atoms with Gasteiger partial charge in [-0.3, -0.25) is 14.4 Å². The number of ketones is 1. The van der Waals surface area contributed by atoms with Gasteiger partial charge in [0, 0.05) is 0 Å². The van der Waals surface area contributed by atoms with E-state index in [2.05, 4.69) is 10.1 Å². The van der Waals surface area contributed by atoms with Gasteiger partial charge in [0.15, 0.2) is 12.4 Å². The third kappa shape index (κ3) is 4.47. The summed E-state index contributed by atoms with van der Waals surface area (Å²) in [6.07, 6.45) is 1.29. The number of Topliss-reactive ketones (excluding diaryl/α,β-unsaturated/α-hetero) is 1. The van der Waals surface area contributed by atoms with Gasteiger partial charge in [-0.05, 0) is 30.3 Å². The van der Waals surface area contributed by atoms with Gasteiger partial charge in [0.1, 0.15) is 18.2 Å². The Kier molecular flexibility index (Phi) is 5.19. The minimum atomic E-state index is -0.918. The van der Waals surface area contributed by atoms with Crippen molar-refractivity contribution in [2.45, 2.75) is 0 Å². The molecule has 1 aromatic heterocycles. The summed E-state index contributed by atoms with van der Waals surface area (Å²) < 4.78 is 35.7. The second kappa shape index (κ2) is 7.30. The number of rotatable bonds is 6. The molecule has 23 heavy (non-hydrogen) atoms. The average Bonchev–Trinajstić information content (AvgIpc) is 3.07. The molecule has 2 aromatic rings. The molecule has 0 radical (unpaired) electrons. The Morgan fingerprint density at radius 2 is 1.96 bits per heavy atom. The molecule has 2 rings (SSSR count). The van der Waals surface area contributed by atoms with Gasteiger partial charge in [0.05, 0.1) is 11.8 Å². The van der Waals surface area contributed by atoms with Gasteiger partial charge in [-0.2, -0.15) is 0 Å². The Morgan fingerprint density at radius 1 is 1.17 bits per heavy atom. The van der Waals surface area contributed by atoms with Crippen LogP contribution in [0, 0.1) is 11.6 Å². The normalized spacial score (nSPS) is 10.2. The van der Waals surface area contributed by atoms with E-state index in [9.17, 15) is 23.2 Å². The number of amides is 1. The molecule has 0 fully saturated rings. The van der Waals surface area contributed by atoms with Crippen molar-refractivity contribution in [3.05, 3.63) is 59.6 Å². The van der Waals surface area contributed by atoms with Gasteiger partial charge < -0.3 is 14.5 Å². The number of halogens is 2. The number of hydrogen-bond acceptors (Lipinski definition) is 5. The maximum atomic E-state index is 13.4. The molecule has 0 saturated carbocycles. The Hall–Kier alpha value is -3.03. The van der Waals surface area contributed by atoms with Crippen LogP contribution in [0.25, 0.3) is 0 Å². The predicted molar refractivity (Wildman–Crippen MR) is 72.7 cm³/mol. The SMILES string of the molecule is O=C(CNC(=O)c1ccco1)OCC(=O)c1cc(F)ccc1F. The van der Waals surface area contributed by atoms with E-state index >= 15 is 0 Å². The smallest absolute Gasteiger partial charge is 0.325 e. The van der Waals surface area contributed by atoms with Crippen molar-refractivity contribution in [1.82, 2.24) is 5.32 Å². The fourth-order valence-corrected chi connectivity index (χ4v) is 1.63. The van der Waals surface area contributed by atoms with Crippen LogP contribution in [0.2, 0.25) is 0 Å². The molecule has 120 valence electrons. The third-order valence-electron chi connectivity index (χ3n) is 2.73. The number of hydrogen-bond donors (Lipinski definition) is 1. The molecule has 1 amide bonds. The number of carbonyl (C=O) groups excluding carboxylic acids is 3. The molecule has 0 aliphatic rings.